The van der Waals surface area contributed by atoms with Crippen molar-refractivity contribution in [1.29, 1.82) is 0 Å². The SMILES string of the molecule is Cc1ccc(C(=O)Nc2ccc(NCc3cccnc3)nc2)cc1. The van der Waals surface area contributed by atoms with E-state index in [1.54, 1.807) is 12.4 Å². The number of anilines is 2. The Morgan fingerprint density at radius 2 is 1.88 bits per heavy atom. The number of carbonyl (C=O) groups is 1. The Kier molecular flexibility index (Phi) is 4.81. The molecule has 2 N–H and O–H groups in total. The standard InChI is InChI=1S/C19H18N4O/c1-14-4-6-16(7-5-14)19(24)23-17-8-9-18(22-13-17)21-12-15-3-2-10-20-11-15/h2-11,13H,12H2,1H3,(H,21,22)(H,23,24). The number of aromatic nitrogens is 2. The van der Waals surface area contributed by atoms with Crippen LogP contribution in [0.25, 0.3) is 0 Å². The van der Waals surface area contributed by atoms with Gasteiger partial charge in [-0.2, -0.15) is 0 Å². The first-order chi connectivity index (χ1) is 11.7. The summed E-state index contributed by atoms with van der Waals surface area (Å²) in [7, 11) is 0. The molecule has 3 aromatic rings. The fourth-order valence-corrected chi connectivity index (χ4v) is 2.18. The van der Waals surface area contributed by atoms with Gasteiger partial charge < -0.3 is 10.6 Å². The van der Waals surface area contributed by atoms with E-state index < -0.39 is 0 Å². The number of amides is 1. The predicted octanol–water partition coefficient (Wildman–Crippen LogP) is 3.65. The molecule has 120 valence electrons. The average Bonchev–Trinajstić information content (AvgIpc) is 2.62. The van der Waals surface area contributed by atoms with Crippen LogP contribution in [-0.4, -0.2) is 15.9 Å². The van der Waals surface area contributed by atoms with Crippen LogP contribution in [0.15, 0.2) is 67.1 Å². The van der Waals surface area contributed by atoms with Gasteiger partial charge in [-0.3, -0.25) is 9.78 Å². The molecule has 5 heteroatoms. The van der Waals surface area contributed by atoms with E-state index >= 15 is 0 Å². The van der Waals surface area contributed by atoms with Gasteiger partial charge in [-0.25, -0.2) is 4.98 Å². The van der Waals surface area contributed by atoms with Crippen LogP contribution in [0.2, 0.25) is 0 Å². The van der Waals surface area contributed by atoms with Gasteiger partial charge in [-0.15, -0.1) is 0 Å². The summed E-state index contributed by atoms with van der Waals surface area (Å²) in [6.07, 6.45) is 5.19. The van der Waals surface area contributed by atoms with Crippen LogP contribution < -0.4 is 10.6 Å². The van der Waals surface area contributed by atoms with E-state index in [1.165, 1.54) is 0 Å². The Labute approximate surface area is 140 Å². The number of aryl methyl sites for hydroxylation is 1. The number of nitrogens with zero attached hydrogens (tertiary/aromatic N) is 2. The zero-order valence-corrected chi connectivity index (χ0v) is 13.4. The topological polar surface area (TPSA) is 66.9 Å². The summed E-state index contributed by atoms with van der Waals surface area (Å²) < 4.78 is 0. The Morgan fingerprint density at radius 1 is 1.04 bits per heavy atom. The number of hydrogen-bond acceptors (Lipinski definition) is 4. The van der Waals surface area contributed by atoms with E-state index in [4.69, 9.17) is 0 Å². The van der Waals surface area contributed by atoms with Crippen LogP contribution in [0.5, 0.6) is 0 Å². The molecule has 0 unspecified atom stereocenters. The van der Waals surface area contributed by atoms with Crippen LogP contribution in [0, 0.1) is 6.92 Å². The summed E-state index contributed by atoms with van der Waals surface area (Å²) >= 11 is 0. The van der Waals surface area contributed by atoms with Crippen molar-refractivity contribution in [3.05, 3.63) is 83.8 Å². The molecule has 0 aliphatic carbocycles. The first-order valence-corrected chi connectivity index (χ1v) is 7.67. The molecular formula is C19H18N4O. The van der Waals surface area contributed by atoms with E-state index in [9.17, 15) is 4.79 Å². The number of pyridine rings is 2. The minimum atomic E-state index is -0.145. The Balaban J connectivity index is 1.58. The summed E-state index contributed by atoms with van der Waals surface area (Å²) in [6.45, 7) is 2.64. The van der Waals surface area contributed by atoms with Gasteiger partial charge in [0.1, 0.15) is 5.82 Å². The maximum absolute atomic E-state index is 12.2. The van der Waals surface area contributed by atoms with Gasteiger partial charge in [0.25, 0.3) is 5.91 Å². The number of benzene rings is 1. The third kappa shape index (κ3) is 4.16. The molecule has 1 aromatic carbocycles. The summed E-state index contributed by atoms with van der Waals surface area (Å²) in [4.78, 5) is 20.5. The average molecular weight is 318 g/mol. The van der Waals surface area contributed by atoms with E-state index in [0.717, 1.165) is 16.9 Å². The van der Waals surface area contributed by atoms with Crippen molar-refractivity contribution >= 4 is 17.4 Å². The van der Waals surface area contributed by atoms with E-state index in [0.29, 0.717) is 17.8 Å². The highest BCUT2D eigenvalue weighted by atomic mass is 16.1. The number of nitrogens with one attached hydrogen (secondary N) is 2. The first kappa shape index (κ1) is 15.7. The van der Waals surface area contributed by atoms with Gasteiger partial charge in [0.2, 0.25) is 0 Å². The molecule has 0 spiro atoms. The van der Waals surface area contributed by atoms with E-state index in [1.807, 2.05) is 61.7 Å². The van der Waals surface area contributed by atoms with Crippen molar-refractivity contribution in [2.24, 2.45) is 0 Å². The van der Waals surface area contributed by atoms with Crippen LogP contribution in [-0.2, 0) is 6.54 Å². The number of carbonyl (C=O) groups excluding carboxylic acids is 1. The second-order valence-electron chi connectivity index (χ2n) is 5.47. The molecule has 0 saturated carbocycles. The van der Waals surface area contributed by atoms with E-state index in [-0.39, 0.29) is 5.91 Å². The fraction of sp³-hybridized carbons (Fsp3) is 0.105. The van der Waals surface area contributed by atoms with Gasteiger partial charge in [-0.1, -0.05) is 23.8 Å². The molecule has 0 saturated heterocycles. The zero-order chi connectivity index (χ0) is 16.8. The van der Waals surface area contributed by atoms with Crippen molar-refractivity contribution < 1.29 is 4.79 Å². The lowest BCUT2D eigenvalue weighted by atomic mass is 10.1. The largest absolute Gasteiger partial charge is 0.366 e. The zero-order valence-electron chi connectivity index (χ0n) is 13.4. The minimum Gasteiger partial charge on any atom is -0.366 e. The molecule has 2 aromatic heterocycles. The van der Waals surface area contributed by atoms with Crippen molar-refractivity contribution in [2.75, 3.05) is 10.6 Å². The van der Waals surface area contributed by atoms with Crippen LogP contribution in [0.4, 0.5) is 11.5 Å². The smallest absolute Gasteiger partial charge is 0.255 e. The summed E-state index contributed by atoms with van der Waals surface area (Å²) in [5.41, 5.74) is 3.49. The molecule has 5 nitrogen and oxygen atoms in total. The maximum atomic E-state index is 12.2. The summed E-state index contributed by atoms with van der Waals surface area (Å²) in [6, 6.07) is 15.0. The second-order valence-corrected chi connectivity index (χ2v) is 5.47. The van der Waals surface area contributed by atoms with E-state index in [2.05, 4.69) is 20.6 Å². The fourth-order valence-electron chi connectivity index (χ4n) is 2.18. The van der Waals surface area contributed by atoms with Gasteiger partial charge in [0.15, 0.2) is 0 Å². The van der Waals surface area contributed by atoms with Crippen LogP contribution >= 0.6 is 0 Å². The number of rotatable bonds is 5. The minimum absolute atomic E-state index is 0.145. The monoisotopic (exact) mass is 318 g/mol. The Bertz CT molecular complexity index is 799. The van der Waals surface area contributed by atoms with Gasteiger partial charge in [-0.05, 0) is 42.8 Å². The second kappa shape index (κ2) is 7.37. The number of hydrogen-bond donors (Lipinski definition) is 2. The van der Waals surface area contributed by atoms with Crippen molar-refractivity contribution in [3.8, 4) is 0 Å². The quantitative estimate of drug-likeness (QED) is 0.753. The van der Waals surface area contributed by atoms with Crippen molar-refractivity contribution in [2.45, 2.75) is 13.5 Å². The highest BCUT2D eigenvalue weighted by molar-refractivity contribution is 6.04. The van der Waals surface area contributed by atoms with Crippen LogP contribution in [0.1, 0.15) is 21.5 Å². The highest BCUT2D eigenvalue weighted by Crippen LogP contribution is 2.13. The normalized spacial score (nSPS) is 10.2. The maximum Gasteiger partial charge on any atom is 0.255 e. The van der Waals surface area contributed by atoms with Crippen LogP contribution in [0.3, 0.4) is 0 Å². The Morgan fingerprint density at radius 3 is 2.54 bits per heavy atom. The van der Waals surface area contributed by atoms with Gasteiger partial charge >= 0.3 is 0 Å². The molecule has 0 atom stereocenters. The highest BCUT2D eigenvalue weighted by Gasteiger charge is 2.06. The molecule has 2 heterocycles. The third-order valence-electron chi connectivity index (χ3n) is 3.53. The lowest BCUT2D eigenvalue weighted by Gasteiger charge is -2.08. The first-order valence-electron chi connectivity index (χ1n) is 7.67. The summed E-state index contributed by atoms with van der Waals surface area (Å²) in [5, 5.41) is 6.06. The molecule has 0 aliphatic heterocycles. The molecule has 0 aliphatic rings. The van der Waals surface area contributed by atoms with Crippen molar-refractivity contribution in [1.82, 2.24) is 9.97 Å². The summed E-state index contributed by atoms with van der Waals surface area (Å²) in [5.74, 6) is 0.597. The van der Waals surface area contributed by atoms with Crippen molar-refractivity contribution in [3.63, 3.8) is 0 Å². The molecule has 0 fully saturated rings. The third-order valence-corrected chi connectivity index (χ3v) is 3.53. The molecule has 3 rings (SSSR count). The van der Waals surface area contributed by atoms with Gasteiger partial charge in [0, 0.05) is 24.5 Å². The Hall–Kier alpha value is -3.21. The molecule has 1 amide bonds. The van der Waals surface area contributed by atoms with Gasteiger partial charge in [0.05, 0.1) is 11.9 Å². The lowest BCUT2D eigenvalue weighted by molar-refractivity contribution is 0.102. The molecular weight excluding hydrogens is 300 g/mol. The predicted molar refractivity (Wildman–Crippen MR) is 94.9 cm³/mol. The molecule has 0 radical (unpaired) electrons. The molecule has 24 heavy (non-hydrogen) atoms. The lowest BCUT2D eigenvalue weighted by Crippen LogP contribution is -2.12. The molecule has 0 bridgehead atoms.